The van der Waals surface area contributed by atoms with Gasteiger partial charge >= 0.3 is 0 Å². The third-order valence-corrected chi connectivity index (χ3v) is 3.95. The Morgan fingerprint density at radius 2 is 1.96 bits per heavy atom. The molecule has 0 aliphatic carbocycles. The van der Waals surface area contributed by atoms with E-state index < -0.39 is 0 Å². The molecule has 0 unspecified atom stereocenters. The van der Waals surface area contributed by atoms with Gasteiger partial charge in [-0.15, -0.1) is 24.0 Å². The zero-order valence-electron chi connectivity index (χ0n) is 15.4. The van der Waals surface area contributed by atoms with Gasteiger partial charge in [0, 0.05) is 19.3 Å². The Labute approximate surface area is 177 Å². The molecule has 2 rings (SSSR count). The Hall–Kier alpha value is -1.54. The Kier molecular flexibility index (Phi) is 10.3. The van der Waals surface area contributed by atoms with Crippen LogP contribution in [0.4, 0.5) is 0 Å². The Morgan fingerprint density at radius 3 is 2.62 bits per heavy atom. The summed E-state index contributed by atoms with van der Waals surface area (Å²) in [5.41, 5.74) is 3.37. The Balaban J connectivity index is 0.00000338. The lowest BCUT2D eigenvalue weighted by Gasteiger charge is -2.12. The predicted molar refractivity (Wildman–Crippen MR) is 119 cm³/mol. The number of benzene rings is 1. The number of pyridine rings is 1. The van der Waals surface area contributed by atoms with Gasteiger partial charge in [0.1, 0.15) is 10.9 Å². The number of guanidine groups is 1. The van der Waals surface area contributed by atoms with Gasteiger partial charge in [0.05, 0.1) is 13.7 Å². The second kappa shape index (κ2) is 12.0. The Bertz CT molecular complexity index is 707. The fraction of sp³-hybridized carbons (Fsp3) is 0.368. The van der Waals surface area contributed by atoms with Crippen molar-refractivity contribution in [2.24, 2.45) is 4.99 Å². The minimum atomic E-state index is 0. The molecular weight excluding hydrogens is 463 g/mol. The van der Waals surface area contributed by atoms with Gasteiger partial charge in [0.25, 0.3) is 0 Å². The van der Waals surface area contributed by atoms with E-state index in [1.807, 2.05) is 19.1 Å². The van der Waals surface area contributed by atoms with E-state index in [9.17, 15) is 0 Å². The van der Waals surface area contributed by atoms with Crippen molar-refractivity contribution in [1.82, 2.24) is 15.6 Å². The van der Waals surface area contributed by atoms with Crippen LogP contribution in [0.2, 0.25) is 5.15 Å². The van der Waals surface area contributed by atoms with Gasteiger partial charge in [-0.25, -0.2) is 9.98 Å². The third-order valence-electron chi connectivity index (χ3n) is 3.73. The minimum absolute atomic E-state index is 0. The number of ether oxygens (including phenoxy) is 1. The van der Waals surface area contributed by atoms with E-state index in [4.69, 9.17) is 16.3 Å². The lowest BCUT2D eigenvalue weighted by molar-refractivity contribution is 0.411. The second-order valence-electron chi connectivity index (χ2n) is 5.67. The molecule has 0 saturated heterocycles. The molecule has 0 radical (unpaired) electrons. The van der Waals surface area contributed by atoms with Crippen LogP contribution in [0.3, 0.4) is 0 Å². The van der Waals surface area contributed by atoms with Crippen LogP contribution in [0.15, 0.2) is 41.5 Å². The molecule has 1 aromatic heterocycles. The van der Waals surface area contributed by atoms with E-state index in [2.05, 4.69) is 39.7 Å². The third kappa shape index (κ3) is 7.37. The number of hydrogen-bond donors (Lipinski definition) is 2. The summed E-state index contributed by atoms with van der Waals surface area (Å²) in [4.78, 5) is 8.73. The fourth-order valence-corrected chi connectivity index (χ4v) is 2.47. The van der Waals surface area contributed by atoms with Crippen molar-refractivity contribution in [3.05, 3.63) is 58.4 Å². The SMILES string of the molecule is CCNC(=NCc1ccc(C)c(OC)c1)NCCc1ccc(Cl)nc1.I. The van der Waals surface area contributed by atoms with Gasteiger partial charge in [-0.05, 0) is 49.1 Å². The summed E-state index contributed by atoms with van der Waals surface area (Å²) in [7, 11) is 1.69. The zero-order chi connectivity index (χ0) is 18.1. The first kappa shape index (κ1) is 22.5. The van der Waals surface area contributed by atoms with Crippen molar-refractivity contribution in [3.8, 4) is 5.75 Å². The fourth-order valence-electron chi connectivity index (χ4n) is 2.35. The first-order chi connectivity index (χ1) is 12.1. The summed E-state index contributed by atoms with van der Waals surface area (Å²) in [5.74, 6) is 1.69. The zero-order valence-corrected chi connectivity index (χ0v) is 18.5. The molecule has 0 aliphatic heterocycles. The largest absolute Gasteiger partial charge is 0.496 e. The van der Waals surface area contributed by atoms with Crippen LogP contribution < -0.4 is 15.4 Å². The molecule has 1 heterocycles. The van der Waals surface area contributed by atoms with Crippen LogP contribution in [0.1, 0.15) is 23.6 Å². The van der Waals surface area contributed by atoms with E-state index in [1.165, 1.54) is 0 Å². The van der Waals surface area contributed by atoms with Crippen LogP contribution in [0, 0.1) is 6.92 Å². The van der Waals surface area contributed by atoms with Gasteiger partial charge in [-0.2, -0.15) is 0 Å². The predicted octanol–water partition coefficient (Wildman–Crippen LogP) is 3.97. The number of rotatable bonds is 7. The maximum atomic E-state index is 5.80. The highest BCUT2D eigenvalue weighted by Crippen LogP contribution is 2.19. The normalized spacial score (nSPS) is 10.8. The number of nitrogens with zero attached hydrogens (tertiary/aromatic N) is 2. The average molecular weight is 489 g/mol. The molecule has 1 aromatic carbocycles. The molecule has 2 aromatic rings. The molecule has 0 amide bonds. The average Bonchev–Trinajstić information content (AvgIpc) is 2.62. The number of hydrogen-bond acceptors (Lipinski definition) is 3. The van der Waals surface area contributed by atoms with Crippen molar-refractivity contribution in [3.63, 3.8) is 0 Å². The van der Waals surface area contributed by atoms with E-state index in [0.29, 0.717) is 11.7 Å². The number of aliphatic imine (C=N–C) groups is 1. The molecular formula is C19H26ClIN4O. The molecule has 0 aliphatic rings. The van der Waals surface area contributed by atoms with Crippen molar-refractivity contribution < 1.29 is 4.74 Å². The molecule has 0 bridgehead atoms. The topological polar surface area (TPSA) is 58.5 Å². The quantitative estimate of drug-likeness (QED) is 0.268. The van der Waals surface area contributed by atoms with Gasteiger partial charge in [0.2, 0.25) is 0 Å². The van der Waals surface area contributed by atoms with Crippen molar-refractivity contribution in [1.29, 1.82) is 0 Å². The van der Waals surface area contributed by atoms with E-state index in [1.54, 1.807) is 19.4 Å². The van der Waals surface area contributed by atoms with Gasteiger partial charge in [-0.3, -0.25) is 0 Å². The number of aromatic nitrogens is 1. The maximum absolute atomic E-state index is 5.80. The van der Waals surface area contributed by atoms with Crippen LogP contribution in [0.5, 0.6) is 5.75 Å². The lowest BCUT2D eigenvalue weighted by Crippen LogP contribution is -2.38. The van der Waals surface area contributed by atoms with Gasteiger partial charge < -0.3 is 15.4 Å². The number of aryl methyl sites for hydroxylation is 1. The Morgan fingerprint density at radius 1 is 1.19 bits per heavy atom. The number of nitrogens with one attached hydrogen (secondary N) is 2. The molecule has 142 valence electrons. The highest BCUT2D eigenvalue weighted by atomic mass is 127. The molecule has 7 heteroatoms. The van der Waals surface area contributed by atoms with Crippen molar-refractivity contribution in [2.75, 3.05) is 20.2 Å². The second-order valence-corrected chi connectivity index (χ2v) is 6.05. The maximum Gasteiger partial charge on any atom is 0.191 e. The summed E-state index contributed by atoms with van der Waals surface area (Å²) >= 11 is 5.80. The first-order valence-corrected chi connectivity index (χ1v) is 8.76. The molecule has 0 atom stereocenters. The molecule has 5 nitrogen and oxygen atoms in total. The molecule has 26 heavy (non-hydrogen) atoms. The van der Waals surface area contributed by atoms with Gasteiger partial charge in [0.15, 0.2) is 5.96 Å². The summed E-state index contributed by atoms with van der Waals surface area (Å²) in [6.07, 6.45) is 2.65. The van der Waals surface area contributed by atoms with Crippen molar-refractivity contribution >= 4 is 41.5 Å². The van der Waals surface area contributed by atoms with E-state index in [-0.39, 0.29) is 24.0 Å². The smallest absolute Gasteiger partial charge is 0.191 e. The molecule has 0 spiro atoms. The van der Waals surface area contributed by atoms with Crippen LogP contribution in [-0.4, -0.2) is 31.1 Å². The first-order valence-electron chi connectivity index (χ1n) is 8.38. The summed E-state index contributed by atoms with van der Waals surface area (Å²) in [5, 5.41) is 7.11. The van der Waals surface area contributed by atoms with Crippen LogP contribution in [-0.2, 0) is 13.0 Å². The monoisotopic (exact) mass is 488 g/mol. The van der Waals surface area contributed by atoms with Crippen LogP contribution in [0.25, 0.3) is 0 Å². The standard InChI is InChI=1S/C19H25ClN4O.HI/c1-4-21-19(22-10-9-15-7-8-18(20)23-12-15)24-13-16-6-5-14(2)17(11-16)25-3;/h5-8,11-12H,4,9-10,13H2,1-3H3,(H2,21,22,24);1H. The lowest BCUT2D eigenvalue weighted by atomic mass is 10.1. The summed E-state index contributed by atoms with van der Waals surface area (Å²) < 4.78 is 5.37. The summed E-state index contributed by atoms with van der Waals surface area (Å²) in [6, 6.07) is 9.95. The highest BCUT2D eigenvalue weighted by molar-refractivity contribution is 14.0. The molecule has 0 saturated carbocycles. The number of methoxy groups -OCH3 is 1. The molecule has 2 N–H and O–H groups in total. The van der Waals surface area contributed by atoms with Gasteiger partial charge in [-0.1, -0.05) is 29.8 Å². The highest BCUT2D eigenvalue weighted by Gasteiger charge is 2.02. The minimum Gasteiger partial charge on any atom is -0.496 e. The number of halogens is 2. The van der Waals surface area contributed by atoms with Crippen molar-refractivity contribution in [2.45, 2.75) is 26.8 Å². The van der Waals surface area contributed by atoms with E-state index in [0.717, 1.165) is 47.9 Å². The van der Waals surface area contributed by atoms with Crippen LogP contribution >= 0.6 is 35.6 Å². The summed E-state index contributed by atoms with van der Waals surface area (Å²) in [6.45, 7) is 6.25. The van der Waals surface area contributed by atoms with E-state index >= 15 is 0 Å². The molecule has 0 fully saturated rings.